The van der Waals surface area contributed by atoms with Gasteiger partial charge in [0.2, 0.25) is 5.91 Å². The lowest BCUT2D eigenvalue weighted by Crippen LogP contribution is -2.42. The summed E-state index contributed by atoms with van der Waals surface area (Å²) < 4.78 is 0. The fraction of sp³-hybridized carbons (Fsp3) is 0.579. The molecule has 1 N–H and O–H groups in total. The van der Waals surface area contributed by atoms with E-state index in [0.717, 1.165) is 57.4 Å². The van der Waals surface area contributed by atoms with Gasteiger partial charge in [-0.2, -0.15) is 5.26 Å². The molecule has 5 heteroatoms. The number of rotatable bonds is 4. The second-order valence-corrected chi connectivity index (χ2v) is 6.86. The monoisotopic (exact) mass is 327 g/mol. The van der Waals surface area contributed by atoms with Gasteiger partial charge < -0.3 is 14.9 Å². The molecule has 3 rings (SSSR count). The summed E-state index contributed by atoms with van der Waals surface area (Å²) in [7, 11) is 0. The van der Waals surface area contributed by atoms with Crippen LogP contribution in [0.25, 0.3) is 0 Å². The highest BCUT2D eigenvalue weighted by molar-refractivity contribution is 5.79. The lowest BCUT2D eigenvalue weighted by Gasteiger charge is -2.34. The largest absolute Gasteiger partial charge is 0.387 e. The molecule has 0 aromatic heterocycles. The molecule has 0 saturated carbocycles. The summed E-state index contributed by atoms with van der Waals surface area (Å²) in [5, 5.41) is 19.2. The van der Waals surface area contributed by atoms with Crippen molar-refractivity contribution in [2.45, 2.75) is 31.8 Å². The van der Waals surface area contributed by atoms with Crippen LogP contribution in [0.1, 0.15) is 42.9 Å². The molecule has 0 radical (unpaired) electrons. The molecule has 24 heavy (non-hydrogen) atoms. The van der Waals surface area contributed by atoms with E-state index in [4.69, 9.17) is 5.26 Å². The van der Waals surface area contributed by atoms with E-state index in [-0.39, 0.29) is 5.92 Å². The van der Waals surface area contributed by atoms with Gasteiger partial charge in [0.15, 0.2) is 0 Å². The molecular weight excluding hydrogens is 302 g/mol. The van der Waals surface area contributed by atoms with E-state index in [1.807, 2.05) is 17.0 Å². The lowest BCUT2D eigenvalue weighted by atomic mass is 9.94. The number of aliphatic hydroxyl groups excluding tert-OH is 1. The lowest BCUT2D eigenvalue weighted by molar-refractivity contribution is -0.136. The van der Waals surface area contributed by atoms with E-state index in [1.165, 1.54) is 0 Å². The molecule has 1 aromatic rings. The van der Waals surface area contributed by atoms with Gasteiger partial charge in [-0.1, -0.05) is 12.1 Å². The molecule has 2 saturated heterocycles. The molecule has 5 nitrogen and oxygen atoms in total. The van der Waals surface area contributed by atoms with Crippen LogP contribution >= 0.6 is 0 Å². The number of likely N-dealkylation sites (tertiary alicyclic amines) is 2. The normalized spacial score (nSPS) is 20.8. The van der Waals surface area contributed by atoms with Crippen molar-refractivity contribution in [1.29, 1.82) is 5.26 Å². The van der Waals surface area contributed by atoms with Crippen LogP contribution in [0.15, 0.2) is 24.3 Å². The quantitative estimate of drug-likeness (QED) is 0.917. The van der Waals surface area contributed by atoms with Gasteiger partial charge in [0, 0.05) is 25.6 Å². The molecule has 2 aliphatic rings. The third kappa shape index (κ3) is 3.95. The first-order chi connectivity index (χ1) is 11.7. The zero-order valence-electron chi connectivity index (χ0n) is 14.0. The van der Waals surface area contributed by atoms with Crippen LogP contribution in [-0.2, 0) is 4.79 Å². The number of hydrogen-bond donors (Lipinski definition) is 1. The topological polar surface area (TPSA) is 67.6 Å². The van der Waals surface area contributed by atoms with Gasteiger partial charge in [0.1, 0.15) is 0 Å². The molecule has 1 amide bonds. The Labute approximate surface area is 143 Å². The number of aliphatic hydroxyl groups is 1. The Morgan fingerprint density at radius 3 is 2.38 bits per heavy atom. The average molecular weight is 327 g/mol. The standard InChI is InChI=1S/C19H25N3O2/c20-13-15-3-5-16(6-4-15)18(23)14-21-11-7-17(8-12-21)19(24)22-9-1-2-10-22/h3-6,17-18,23H,1-2,7-12,14H2. The van der Waals surface area contributed by atoms with Gasteiger partial charge in [0.25, 0.3) is 0 Å². The number of amides is 1. The van der Waals surface area contributed by atoms with E-state index >= 15 is 0 Å². The zero-order valence-corrected chi connectivity index (χ0v) is 14.0. The van der Waals surface area contributed by atoms with E-state index in [9.17, 15) is 9.90 Å². The number of carbonyl (C=O) groups excluding carboxylic acids is 1. The Bertz CT molecular complexity index is 594. The van der Waals surface area contributed by atoms with Crippen molar-refractivity contribution in [2.24, 2.45) is 5.92 Å². The third-order valence-corrected chi connectivity index (χ3v) is 5.21. The summed E-state index contributed by atoms with van der Waals surface area (Å²) in [6, 6.07) is 9.18. The zero-order chi connectivity index (χ0) is 16.9. The van der Waals surface area contributed by atoms with E-state index in [1.54, 1.807) is 12.1 Å². The van der Waals surface area contributed by atoms with Gasteiger partial charge in [-0.3, -0.25) is 4.79 Å². The van der Waals surface area contributed by atoms with Crippen LogP contribution in [-0.4, -0.2) is 53.5 Å². The van der Waals surface area contributed by atoms with Gasteiger partial charge in [-0.15, -0.1) is 0 Å². The molecule has 2 fully saturated rings. The number of hydrogen-bond acceptors (Lipinski definition) is 4. The number of β-amino-alcohol motifs (C(OH)–C–C–N with tert-alkyl or cyclic N) is 1. The first kappa shape index (κ1) is 16.9. The molecule has 128 valence electrons. The van der Waals surface area contributed by atoms with Crippen LogP contribution < -0.4 is 0 Å². The summed E-state index contributed by atoms with van der Waals surface area (Å²) in [4.78, 5) is 16.7. The van der Waals surface area contributed by atoms with Crippen LogP contribution in [0.4, 0.5) is 0 Å². The average Bonchev–Trinajstić information content (AvgIpc) is 3.16. The SMILES string of the molecule is N#Cc1ccc(C(O)CN2CCC(C(=O)N3CCCC3)CC2)cc1. The molecule has 1 atom stereocenters. The maximum atomic E-state index is 12.4. The van der Waals surface area contributed by atoms with Gasteiger partial charge >= 0.3 is 0 Å². The summed E-state index contributed by atoms with van der Waals surface area (Å²) in [6.07, 6.45) is 3.50. The fourth-order valence-corrected chi connectivity index (χ4v) is 3.69. The number of carbonyl (C=O) groups is 1. The van der Waals surface area contributed by atoms with Crippen molar-refractivity contribution in [3.8, 4) is 6.07 Å². The molecular formula is C19H25N3O2. The van der Waals surface area contributed by atoms with Gasteiger partial charge in [-0.25, -0.2) is 0 Å². The Kier molecular flexibility index (Phi) is 5.49. The maximum absolute atomic E-state index is 12.4. The van der Waals surface area contributed by atoms with Gasteiger partial charge in [-0.05, 0) is 56.5 Å². The van der Waals surface area contributed by atoms with Crippen molar-refractivity contribution in [3.05, 3.63) is 35.4 Å². The minimum Gasteiger partial charge on any atom is -0.387 e. The molecule has 0 aliphatic carbocycles. The molecule has 2 aliphatic heterocycles. The Balaban J connectivity index is 1.47. The summed E-state index contributed by atoms with van der Waals surface area (Å²) in [5.41, 5.74) is 1.44. The Morgan fingerprint density at radius 2 is 1.79 bits per heavy atom. The van der Waals surface area contributed by atoms with Gasteiger partial charge in [0.05, 0.1) is 17.7 Å². The smallest absolute Gasteiger partial charge is 0.225 e. The molecule has 1 unspecified atom stereocenters. The summed E-state index contributed by atoms with van der Waals surface area (Å²) in [6.45, 7) is 4.15. The minimum atomic E-state index is -0.552. The number of piperidine rings is 1. The highest BCUT2D eigenvalue weighted by Crippen LogP contribution is 2.24. The number of nitrogens with zero attached hydrogens (tertiary/aromatic N) is 3. The minimum absolute atomic E-state index is 0.159. The van der Waals surface area contributed by atoms with Crippen LogP contribution in [0.2, 0.25) is 0 Å². The summed E-state index contributed by atoms with van der Waals surface area (Å²) >= 11 is 0. The Hall–Kier alpha value is -1.90. The van der Waals surface area contributed by atoms with Crippen molar-refractivity contribution < 1.29 is 9.90 Å². The van der Waals surface area contributed by atoms with Crippen molar-refractivity contribution >= 4 is 5.91 Å². The Morgan fingerprint density at radius 1 is 1.17 bits per heavy atom. The number of nitriles is 1. The van der Waals surface area contributed by atoms with Crippen molar-refractivity contribution in [2.75, 3.05) is 32.7 Å². The summed E-state index contributed by atoms with van der Waals surface area (Å²) in [5.74, 6) is 0.492. The first-order valence-electron chi connectivity index (χ1n) is 8.86. The van der Waals surface area contributed by atoms with Crippen LogP contribution in [0.3, 0.4) is 0 Å². The highest BCUT2D eigenvalue weighted by Gasteiger charge is 2.30. The van der Waals surface area contributed by atoms with E-state index in [2.05, 4.69) is 11.0 Å². The van der Waals surface area contributed by atoms with Crippen LogP contribution in [0, 0.1) is 17.2 Å². The van der Waals surface area contributed by atoms with E-state index < -0.39 is 6.10 Å². The predicted molar refractivity (Wildman–Crippen MR) is 91.1 cm³/mol. The van der Waals surface area contributed by atoms with Crippen molar-refractivity contribution in [1.82, 2.24) is 9.80 Å². The highest BCUT2D eigenvalue weighted by atomic mass is 16.3. The molecule has 2 heterocycles. The second-order valence-electron chi connectivity index (χ2n) is 6.86. The molecule has 0 spiro atoms. The molecule has 0 bridgehead atoms. The second kappa shape index (κ2) is 7.78. The van der Waals surface area contributed by atoms with Crippen LogP contribution in [0.5, 0.6) is 0 Å². The molecule has 1 aromatic carbocycles. The first-order valence-corrected chi connectivity index (χ1v) is 8.86. The number of benzene rings is 1. The maximum Gasteiger partial charge on any atom is 0.225 e. The van der Waals surface area contributed by atoms with Crippen molar-refractivity contribution in [3.63, 3.8) is 0 Å². The fourth-order valence-electron chi connectivity index (χ4n) is 3.69. The predicted octanol–water partition coefficient (Wildman–Crippen LogP) is 1.93. The third-order valence-electron chi connectivity index (χ3n) is 5.21. The van der Waals surface area contributed by atoms with E-state index in [0.29, 0.717) is 18.0 Å².